The highest BCUT2D eigenvalue weighted by molar-refractivity contribution is 6.31. The molecule has 4 heteroatoms. The van der Waals surface area contributed by atoms with E-state index < -0.39 is 0 Å². The van der Waals surface area contributed by atoms with Gasteiger partial charge in [0.2, 0.25) is 0 Å². The lowest BCUT2D eigenvalue weighted by molar-refractivity contribution is 0.483. The van der Waals surface area contributed by atoms with Gasteiger partial charge in [-0.1, -0.05) is 127 Å². The maximum atomic E-state index is 6.76. The summed E-state index contributed by atoms with van der Waals surface area (Å²) in [6.45, 7) is 0. The Morgan fingerprint density at radius 3 is 1.85 bits per heavy atom. The molecule has 8 aromatic carbocycles. The lowest BCUT2D eigenvalue weighted by Gasteiger charge is -2.14. The first kappa shape index (κ1) is 30.3. The molecule has 52 heavy (non-hydrogen) atoms. The Labute approximate surface area is 305 Å². The zero-order chi connectivity index (χ0) is 34.6. The maximum Gasteiger partial charge on any atom is 0.136 e. The molecule has 0 N–H and O–H groups in total. The van der Waals surface area contributed by atoms with E-state index in [1.54, 1.807) is 0 Å². The smallest absolute Gasteiger partial charge is 0.136 e. The summed E-state index contributed by atoms with van der Waals surface area (Å²) in [5.74, 6) is 1.41. The summed E-state index contributed by atoms with van der Waals surface area (Å²) in [4.78, 5) is 0. The lowest BCUT2D eigenvalue weighted by Crippen LogP contribution is -1.94. The van der Waals surface area contributed by atoms with Crippen LogP contribution < -0.4 is 4.74 Å². The number of hydrogen-bond donors (Lipinski definition) is 0. The zero-order valence-corrected chi connectivity index (χ0v) is 28.7. The SMILES string of the molecule is Clc1cc(Oc2ccc(-c3cccc(-n4c5ccccc5c5ccccc54)c3)cc2)cc(-c2ccccc2-c2cccc3oc4ccccc4c23)c1. The van der Waals surface area contributed by atoms with Crippen LogP contribution in [0, 0.1) is 0 Å². The fourth-order valence-corrected chi connectivity index (χ4v) is 7.85. The maximum absolute atomic E-state index is 6.76. The third kappa shape index (κ3) is 5.14. The Balaban J connectivity index is 0.972. The number of ether oxygens (including phenoxy) is 1. The van der Waals surface area contributed by atoms with Crippen molar-refractivity contribution in [1.29, 1.82) is 0 Å². The third-order valence-corrected chi connectivity index (χ3v) is 10.1. The van der Waals surface area contributed by atoms with E-state index in [9.17, 15) is 0 Å². The Bertz CT molecular complexity index is 2900. The molecule has 0 amide bonds. The highest BCUT2D eigenvalue weighted by Crippen LogP contribution is 2.42. The first-order valence-corrected chi connectivity index (χ1v) is 17.7. The number of benzene rings is 8. The first-order chi connectivity index (χ1) is 25.7. The van der Waals surface area contributed by atoms with Gasteiger partial charge in [-0.15, -0.1) is 0 Å². The molecule has 0 bridgehead atoms. The Morgan fingerprint density at radius 1 is 0.423 bits per heavy atom. The quantitative estimate of drug-likeness (QED) is 0.174. The van der Waals surface area contributed by atoms with Crippen molar-refractivity contribution in [2.45, 2.75) is 0 Å². The molecule has 2 heterocycles. The normalized spacial score (nSPS) is 11.6. The molecule has 0 spiro atoms. The van der Waals surface area contributed by atoms with Crippen molar-refractivity contribution < 1.29 is 9.15 Å². The van der Waals surface area contributed by atoms with Crippen LogP contribution in [0.5, 0.6) is 11.5 Å². The minimum Gasteiger partial charge on any atom is -0.457 e. The Hall–Kier alpha value is -6.55. The van der Waals surface area contributed by atoms with Crippen molar-refractivity contribution in [2.75, 3.05) is 0 Å². The minimum atomic E-state index is 0.604. The number of nitrogens with zero attached hydrogens (tertiary/aromatic N) is 1. The van der Waals surface area contributed by atoms with E-state index in [-0.39, 0.29) is 0 Å². The summed E-state index contributed by atoms with van der Waals surface area (Å²) in [7, 11) is 0. The molecule has 0 fully saturated rings. The van der Waals surface area contributed by atoms with Gasteiger partial charge in [0, 0.05) is 32.3 Å². The van der Waals surface area contributed by atoms with Crippen molar-refractivity contribution >= 4 is 55.3 Å². The van der Waals surface area contributed by atoms with Gasteiger partial charge in [0.05, 0.1) is 11.0 Å². The molecule has 246 valence electrons. The molecule has 0 saturated carbocycles. The van der Waals surface area contributed by atoms with E-state index in [1.807, 2.05) is 48.5 Å². The summed E-state index contributed by atoms with van der Waals surface area (Å²) in [6.07, 6.45) is 0. The van der Waals surface area contributed by atoms with Crippen LogP contribution in [0.25, 0.3) is 82.8 Å². The molecule has 10 aromatic rings. The second kappa shape index (κ2) is 12.3. The second-order valence-electron chi connectivity index (χ2n) is 13.0. The van der Waals surface area contributed by atoms with Crippen LogP contribution in [-0.2, 0) is 0 Å². The van der Waals surface area contributed by atoms with Gasteiger partial charge in [0.15, 0.2) is 0 Å². The van der Waals surface area contributed by atoms with Gasteiger partial charge >= 0.3 is 0 Å². The number of para-hydroxylation sites is 3. The fourth-order valence-electron chi connectivity index (χ4n) is 7.62. The second-order valence-corrected chi connectivity index (χ2v) is 13.5. The molecule has 0 aliphatic heterocycles. The zero-order valence-electron chi connectivity index (χ0n) is 28.0. The van der Waals surface area contributed by atoms with E-state index in [4.69, 9.17) is 20.8 Å². The molecule has 0 unspecified atom stereocenters. The van der Waals surface area contributed by atoms with Crippen LogP contribution in [-0.4, -0.2) is 4.57 Å². The van der Waals surface area contributed by atoms with E-state index in [0.717, 1.165) is 66.8 Å². The Morgan fingerprint density at radius 2 is 1.06 bits per heavy atom. The monoisotopic (exact) mass is 687 g/mol. The predicted molar refractivity (Wildman–Crippen MR) is 216 cm³/mol. The number of rotatable bonds is 6. The van der Waals surface area contributed by atoms with Crippen LogP contribution in [0.3, 0.4) is 0 Å². The van der Waals surface area contributed by atoms with E-state index >= 15 is 0 Å². The molecule has 0 aliphatic carbocycles. The number of aromatic nitrogens is 1. The molecular formula is C48H30ClNO2. The molecule has 0 atom stereocenters. The van der Waals surface area contributed by atoms with Crippen LogP contribution in [0.1, 0.15) is 0 Å². The number of hydrogen-bond acceptors (Lipinski definition) is 2. The summed E-state index contributed by atoms with van der Waals surface area (Å²) < 4.78 is 15.0. The van der Waals surface area contributed by atoms with Crippen LogP contribution in [0.15, 0.2) is 186 Å². The summed E-state index contributed by atoms with van der Waals surface area (Å²) in [5.41, 5.74) is 11.7. The number of halogens is 1. The topological polar surface area (TPSA) is 27.3 Å². The fraction of sp³-hybridized carbons (Fsp3) is 0. The van der Waals surface area contributed by atoms with Crippen LogP contribution in [0.4, 0.5) is 0 Å². The standard InChI is InChI=1S/C48H30ClNO2/c49-34-27-33(38-13-1-2-14-39(38)42-18-10-22-47-48(42)43-17-5-8-21-46(43)52-47)29-37(30-34)51-36-25-23-31(24-26-36)32-11-9-12-35(28-32)50-44-19-6-3-15-40(44)41-16-4-7-20-45(41)50/h1-30H. The molecule has 0 aliphatic rings. The molecule has 10 rings (SSSR count). The van der Waals surface area contributed by atoms with Crippen molar-refractivity contribution in [3.05, 3.63) is 187 Å². The average molecular weight is 688 g/mol. The van der Waals surface area contributed by atoms with Gasteiger partial charge in [-0.25, -0.2) is 0 Å². The van der Waals surface area contributed by atoms with Gasteiger partial charge in [0.1, 0.15) is 22.7 Å². The van der Waals surface area contributed by atoms with E-state index in [2.05, 4.69) is 138 Å². The average Bonchev–Trinajstić information content (AvgIpc) is 3.74. The van der Waals surface area contributed by atoms with Crippen molar-refractivity contribution in [3.63, 3.8) is 0 Å². The first-order valence-electron chi connectivity index (χ1n) is 17.4. The van der Waals surface area contributed by atoms with E-state index in [1.165, 1.54) is 21.8 Å². The van der Waals surface area contributed by atoms with Gasteiger partial charge < -0.3 is 13.7 Å². The van der Waals surface area contributed by atoms with Gasteiger partial charge in [-0.05, 0) is 100 Å². The van der Waals surface area contributed by atoms with E-state index in [0.29, 0.717) is 10.8 Å². The number of furan rings is 1. The lowest BCUT2D eigenvalue weighted by atomic mass is 9.92. The van der Waals surface area contributed by atoms with Gasteiger partial charge in [-0.2, -0.15) is 0 Å². The minimum absolute atomic E-state index is 0.604. The van der Waals surface area contributed by atoms with Crippen LogP contribution in [0.2, 0.25) is 5.02 Å². The summed E-state index contributed by atoms with van der Waals surface area (Å²) >= 11 is 6.76. The predicted octanol–water partition coefficient (Wildman–Crippen LogP) is 14.1. The van der Waals surface area contributed by atoms with Crippen molar-refractivity contribution in [1.82, 2.24) is 4.57 Å². The summed E-state index contributed by atoms with van der Waals surface area (Å²) in [5, 5.41) is 5.31. The van der Waals surface area contributed by atoms with Crippen molar-refractivity contribution in [2.24, 2.45) is 0 Å². The molecular weight excluding hydrogens is 658 g/mol. The Kier molecular flexibility index (Phi) is 7.19. The molecule has 0 radical (unpaired) electrons. The highest BCUT2D eigenvalue weighted by atomic mass is 35.5. The van der Waals surface area contributed by atoms with Crippen LogP contribution >= 0.6 is 11.6 Å². The highest BCUT2D eigenvalue weighted by Gasteiger charge is 2.17. The molecule has 3 nitrogen and oxygen atoms in total. The van der Waals surface area contributed by atoms with Crippen molar-refractivity contribution in [3.8, 4) is 50.6 Å². The molecule has 2 aromatic heterocycles. The third-order valence-electron chi connectivity index (χ3n) is 9.91. The van der Waals surface area contributed by atoms with Gasteiger partial charge in [-0.3, -0.25) is 0 Å². The number of fused-ring (bicyclic) bond motifs is 6. The summed E-state index contributed by atoms with van der Waals surface area (Å²) in [6, 6.07) is 62.9. The largest absolute Gasteiger partial charge is 0.457 e. The molecule has 0 saturated heterocycles. The van der Waals surface area contributed by atoms with Gasteiger partial charge in [0.25, 0.3) is 0 Å².